The van der Waals surface area contributed by atoms with Crippen LogP contribution in [-0.4, -0.2) is 6.61 Å². The lowest BCUT2D eigenvalue weighted by Gasteiger charge is -2.04. The molecule has 0 saturated carbocycles. The van der Waals surface area contributed by atoms with E-state index < -0.39 is 0 Å². The number of aryl methyl sites for hydroxylation is 1. The molecule has 0 atom stereocenters. The van der Waals surface area contributed by atoms with Gasteiger partial charge in [0.25, 0.3) is 0 Å². The first kappa shape index (κ1) is 20.2. The summed E-state index contributed by atoms with van der Waals surface area (Å²) in [5.74, 6) is 0.962. The molecule has 21 heavy (non-hydrogen) atoms. The third-order valence-corrected chi connectivity index (χ3v) is 3.76. The lowest BCUT2D eigenvalue weighted by Crippen LogP contribution is -3.00. The van der Waals surface area contributed by atoms with Crippen LogP contribution in [0.3, 0.4) is 0 Å². The van der Waals surface area contributed by atoms with E-state index in [1.165, 1.54) is 64.2 Å². The summed E-state index contributed by atoms with van der Waals surface area (Å²) in [4.78, 5) is 0. The monoisotopic (exact) mass is 313 g/mol. The highest BCUT2D eigenvalue weighted by Gasteiger charge is 2.04. The molecule has 1 heterocycles. The van der Waals surface area contributed by atoms with E-state index in [0.29, 0.717) is 0 Å². The molecule has 0 aromatic carbocycles. The molecule has 1 aromatic heterocycles. The molecule has 0 radical (unpaired) electrons. The highest BCUT2D eigenvalue weighted by molar-refractivity contribution is 5.02. The van der Waals surface area contributed by atoms with Crippen LogP contribution in [0.1, 0.15) is 71.1 Å². The normalized spacial score (nSPS) is 10.2. The first-order valence-electron chi connectivity index (χ1n) is 8.42. The van der Waals surface area contributed by atoms with Gasteiger partial charge in [0.15, 0.2) is 6.20 Å². The molecular weight excluding hydrogens is 282 g/mol. The molecule has 0 saturated heterocycles. The minimum Gasteiger partial charge on any atom is -1.00 e. The fourth-order valence-electron chi connectivity index (χ4n) is 2.42. The van der Waals surface area contributed by atoms with Gasteiger partial charge < -0.3 is 17.1 Å². The summed E-state index contributed by atoms with van der Waals surface area (Å²) in [6.07, 6.45) is 15.7. The fraction of sp³-hybridized carbons (Fsp3) is 0.722. The lowest BCUT2D eigenvalue weighted by atomic mass is 10.1. The largest absolute Gasteiger partial charge is 1.00 e. The molecule has 0 aliphatic carbocycles. The Balaban J connectivity index is 0.00000400. The molecule has 2 nitrogen and oxygen atoms in total. The molecule has 0 unspecified atom stereocenters. The van der Waals surface area contributed by atoms with Gasteiger partial charge in [0.1, 0.15) is 7.05 Å². The van der Waals surface area contributed by atoms with Crippen LogP contribution in [0.15, 0.2) is 24.4 Å². The van der Waals surface area contributed by atoms with Crippen molar-refractivity contribution in [2.75, 3.05) is 6.61 Å². The maximum atomic E-state index is 5.77. The summed E-state index contributed by atoms with van der Waals surface area (Å²) in [6.45, 7) is 3.12. The predicted molar refractivity (Wildman–Crippen MR) is 85.0 cm³/mol. The highest BCUT2D eigenvalue weighted by atomic mass is 35.5. The summed E-state index contributed by atoms with van der Waals surface area (Å²) >= 11 is 0. The van der Waals surface area contributed by atoms with Gasteiger partial charge in [-0.05, 0) is 12.5 Å². The molecule has 0 aliphatic rings. The van der Waals surface area contributed by atoms with E-state index in [0.717, 1.165) is 12.5 Å². The molecule has 3 heteroatoms. The maximum absolute atomic E-state index is 5.77. The van der Waals surface area contributed by atoms with Crippen molar-refractivity contribution in [1.82, 2.24) is 0 Å². The van der Waals surface area contributed by atoms with Crippen LogP contribution in [0, 0.1) is 0 Å². The summed E-state index contributed by atoms with van der Waals surface area (Å²) in [5.41, 5.74) is 0. The number of aromatic nitrogens is 1. The Labute approximate surface area is 137 Å². The minimum absolute atomic E-state index is 0. The summed E-state index contributed by atoms with van der Waals surface area (Å²) in [5, 5.41) is 0. The second kappa shape index (κ2) is 14.2. The topological polar surface area (TPSA) is 13.1 Å². The van der Waals surface area contributed by atoms with Crippen LogP contribution in [0.4, 0.5) is 0 Å². The highest BCUT2D eigenvalue weighted by Crippen LogP contribution is 2.10. The molecule has 1 rings (SSSR count). The Hall–Kier alpha value is -0.760. The number of rotatable bonds is 12. The van der Waals surface area contributed by atoms with Crippen LogP contribution < -0.4 is 21.7 Å². The van der Waals surface area contributed by atoms with Crippen molar-refractivity contribution < 1.29 is 21.7 Å². The first-order valence-corrected chi connectivity index (χ1v) is 8.42. The van der Waals surface area contributed by atoms with E-state index in [9.17, 15) is 0 Å². The third kappa shape index (κ3) is 10.6. The summed E-state index contributed by atoms with van der Waals surface area (Å²) in [6, 6.07) is 6.07. The summed E-state index contributed by atoms with van der Waals surface area (Å²) in [7, 11) is 2.02. The zero-order chi connectivity index (χ0) is 14.5. The van der Waals surface area contributed by atoms with Crippen molar-refractivity contribution >= 4 is 0 Å². The van der Waals surface area contributed by atoms with Crippen LogP contribution in [0.5, 0.6) is 5.88 Å². The van der Waals surface area contributed by atoms with E-state index in [1.807, 2.05) is 36.0 Å². The van der Waals surface area contributed by atoms with E-state index in [4.69, 9.17) is 4.74 Å². The van der Waals surface area contributed by atoms with Gasteiger partial charge in [-0.1, -0.05) is 64.7 Å². The smallest absolute Gasteiger partial charge is 0.367 e. The molecule has 0 amide bonds. The molecule has 0 fully saturated rings. The Morgan fingerprint density at radius 3 is 2.00 bits per heavy atom. The van der Waals surface area contributed by atoms with Crippen molar-refractivity contribution in [1.29, 1.82) is 0 Å². The standard InChI is InChI=1S/C18H32NO.ClH/c1-3-4-5-6-7-8-9-10-11-14-17-20-18-15-12-13-16-19(18)2;/h12-13,15-16H,3-11,14,17H2,1-2H3;1H/q+1;/p-1. The fourth-order valence-corrected chi connectivity index (χ4v) is 2.42. The zero-order valence-corrected chi connectivity index (χ0v) is 14.6. The van der Waals surface area contributed by atoms with E-state index in [1.54, 1.807) is 0 Å². The van der Waals surface area contributed by atoms with Gasteiger partial charge in [-0.15, -0.1) is 0 Å². The second-order valence-corrected chi connectivity index (χ2v) is 5.68. The molecule has 122 valence electrons. The van der Waals surface area contributed by atoms with Crippen molar-refractivity contribution in [3.8, 4) is 5.88 Å². The third-order valence-electron chi connectivity index (χ3n) is 3.76. The minimum atomic E-state index is 0. The number of hydrogen-bond acceptors (Lipinski definition) is 1. The number of pyridine rings is 1. The van der Waals surface area contributed by atoms with Gasteiger partial charge in [-0.25, -0.2) is 0 Å². The molecule has 0 bridgehead atoms. The molecular formula is C18H32ClNO. The van der Waals surface area contributed by atoms with Gasteiger partial charge in [0, 0.05) is 6.07 Å². The van der Waals surface area contributed by atoms with E-state index in [-0.39, 0.29) is 12.4 Å². The van der Waals surface area contributed by atoms with E-state index >= 15 is 0 Å². The average Bonchev–Trinajstić information content (AvgIpc) is 2.46. The summed E-state index contributed by atoms with van der Waals surface area (Å²) < 4.78 is 7.80. The van der Waals surface area contributed by atoms with Crippen molar-refractivity contribution in [3.05, 3.63) is 24.4 Å². The number of halogens is 1. The van der Waals surface area contributed by atoms with Crippen molar-refractivity contribution in [3.63, 3.8) is 0 Å². The SMILES string of the molecule is CCCCCCCCCCCCOc1cccc[n+]1C.[Cl-]. The Bertz CT molecular complexity index is 344. The van der Waals surface area contributed by atoms with Gasteiger partial charge in [0.05, 0.1) is 12.7 Å². The number of nitrogens with zero attached hydrogens (tertiary/aromatic N) is 1. The molecule has 0 aliphatic heterocycles. The molecule has 1 aromatic rings. The number of ether oxygens (including phenoxy) is 1. The molecule has 0 spiro atoms. The predicted octanol–water partition coefficient (Wildman–Crippen LogP) is 1.81. The van der Waals surface area contributed by atoms with Crippen LogP contribution in [-0.2, 0) is 7.05 Å². The lowest BCUT2D eigenvalue weighted by molar-refractivity contribution is -0.677. The van der Waals surface area contributed by atoms with Gasteiger partial charge >= 0.3 is 5.88 Å². The van der Waals surface area contributed by atoms with Crippen molar-refractivity contribution in [2.24, 2.45) is 7.05 Å². The van der Waals surface area contributed by atoms with Crippen LogP contribution in [0.2, 0.25) is 0 Å². The van der Waals surface area contributed by atoms with Crippen molar-refractivity contribution in [2.45, 2.75) is 71.1 Å². The van der Waals surface area contributed by atoms with Crippen LogP contribution >= 0.6 is 0 Å². The quantitative estimate of drug-likeness (QED) is 0.424. The van der Waals surface area contributed by atoms with Gasteiger partial charge in [-0.3, -0.25) is 0 Å². The van der Waals surface area contributed by atoms with Gasteiger partial charge in [-0.2, -0.15) is 4.57 Å². The first-order chi connectivity index (χ1) is 9.84. The number of hydrogen-bond donors (Lipinski definition) is 0. The average molecular weight is 314 g/mol. The second-order valence-electron chi connectivity index (χ2n) is 5.68. The Morgan fingerprint density at radius 2 is 1.43 bits per heavy atom. The van der Waals surface area contributed by atoms with Crippen LogP contribution in [0.25, 0.3) is 0 Å². The van der Waals surface area contributed by atoms with Gasteiger partial charge in [0.2, 0.25) is 0 Å². The van der Waals surface area contributed by atoms with E-state index in [2.05, 4.69) is 6.92 Å². The Morgan fingerprint density at radius 1 is 0.857 bits per heavy atom. The maximum Gasteiger partial charge on any atom is 0.367 e. The number of unbranched alkanes of at least 4 members (excludes halogenated alkanes) is 9. The zero-order valence-electron chi connectivity index (χ0n) is 13.8. The Kier molecular flexibility index (Phi) is 13.7. The molecule has 0 N–H and O–H groups in total.